The second-order valence-corrected chi connectivity index (χ2v) is 3.14. The minimum absolute atomic E-state index is 0.151. The van der Waals surface area contributed by atoms with Gasteiger partial charge in [-0.25, -0.2) is 0 Å². The van der Waals surface area contributed by atoms with E-state index in [0.717, 1.165) is 13.1 Å². The summed E-state index contributed by atoms with van der Waals surface area (Å²) < 4.78 is 0. The Morgan fingerprint density at radius 2 is 1.45 bits per heavy atom. The fraction of sp³-hybridized carbons (Fsp3) is 1.00. The molecule has 0 rings (SSSR count). The molecule has 0 bridgehead atoms. The van der Waals surface area contributed by atoms with Crippen LogP contribution in [0, 0.1) is 0 Å². The highest BCUT2D eigenvalue weighted by molar-refractivity contribution is 4.78. The molecule has 2 nitrogen and oxygen atoms in total. The molecule has 0 saturated carbocycles. The summed E-state index contributed by atoms with van der Waals surface area (Å²) in [6, 6.07) is 0. The molecule has 0 amide bonds. The van der Waals surface area contributed by atoms with Crippen LogP contribution < -0.4 is 10.6 Å². The lowest BCUT2D eigenvalue weighted by Gasteiger charge is -2.31. The van der Waals surface area contributed by atoms with E-state index in [1.54, 1.807) is 0 Å². The van der Waals surface area contributed by atoms with Crippen LogP contribution in [0.4, 0.5) is 0 Å². The van der Waals surface area contributed by atoms with Crippen LogP contribution >= 0.6 is 0 Å². The van der Waals surface area contributed by atoms with Crippen molar-refractivity contribution in [1.82, 2.24) is 10.6 Å². The van der Waals surface area contributed by atoms with Gasteiger partial charge in [-0.15, -0.1) is 0 Å². The lowest BCUT2D eigenvalue weighted by Crippen LogP contribution is -2.54. The van der Waals surface area contributed by atoms with Crippen molar-refractivity contribution in [3.63, 3.8) is 0 Å². The van der Waals surface area contributed by atoms with Gasteiger partial charge in [0.15, 0.2) is 0 Å². The lowest BCUT2D eigenvalue weighted by atomic mass is 10.1. The van der Waals surface area contributed by atoms with Crippen LogP contribution in [0.3, 0.4) is 0 Å². The zero-order chi connectivity index (χ0) is 8.74. The van der Waals surface area contributed by atoms with Crippen molar-refractivity contribution in [2.75, 3.05) is 13.1 Å². The Labute approximate surface area is 70.8 Å². The van der Waals surface area contributed by atoms with Crippen LogP contribution in [-0.2, 0) is 0 Å². The summed E-state index contributed by atoms with van der Waals surface area (Å²) >= 11 is 0. The van der Waals surface area contributed by atoms with Crippen molar-refractivity contribution in [3.8, 4) is 0 Å². The van der Waals surface area contributed by atoms with E-state index in [4.69, 9.17) is 0 Å². The molecule has 0 aromatic heterocycles. The fourth-order valence-electron chi connectivity index (χ4n) is 1.52. The monoisotopic (exact) mass is 158 g/mol. The average molecular weight is 158 g/mol. The molecule has 0 aliphatic rings. The molecule has 0 spiro atoms. The van der Waals surface area contributed by atoms with Gasteiger partial charge in [-0.2, -0.15) is 0 Å². The van der Waals surface area contributed by atoms with Crippen LogP contribution in [0.15, 0.2) is 0 Å². The van der Waals surface area contributed by atoms with Gasteiger partial charge in [-0.05, 0) is 26.4 Å². The van der Waals surface area contributed by atoms with E-state index in [1.807, 2.05) is 0 Å². The second kappa shape index (κ2) is 5.56. The summed E-state index contributed by atoms with van der Waals surface area (Å²) in [5.74, 6) is 0. The number of hydrogen-bond acceptors (Lipinski definition) is 2. The van der Waals surface area contributed by atoms with Crippen molar-refractivity contribution in [2.45, 2.75) is 46.2 Å². The number of rotatable bonds is 6. The molecular weight excluding hydrogens is 136 g/mol. The molecule has 0 fully saturated rings. The third-order valence-electron chi connectivity index (χ3n) is 1.88. The van der Waals surface area contributed by atoms with Gasteiger partial charge in [-0.3, -0.25) is 10.6 Å². The zero-order valence-electron chi connectivity index (χ0n) is 8.33. The summed E-state index contributed by atoms with van der Waals surface area (Å²) in [5, 5.41) is 6.90. The Morgan fingerprint density at radius 1 is 1.00 bits per heavy atom. The molecule has 2 heteroatoms. The standard InChI is InChI=1S/C9H22N2/c1-5-8-9(4,10-6-2)11-7-3/h10-11H,5-8H2,1-4H3. The van der Waals surface area contributed by atoms with Crippen molar-refractivity contribution in [3.05, 3.63) is 0 Å². The molecule has 0 unspecified atom stereocenters. The third kappa shape index (κ3) is 4.38. The molecule has 0 aromatic rings. The Balaban J connectivity index is 3.79. The second-order valence-electron chi connectivity index (χ2n) is 3.14. The smallest absolute Gasteiger partial charge is 0.0657 e. The SMILES string of the molecule is CCCC(C)(NCC)NCC. The maximum absolute atomic E-state index is 3.45. The summed E-state index contributed by atoms with van der Waals surface area (Å²) in [4.78, 5) is 0. The van der Waals surface area contributed by atoms with Gasteiger partial charge in [0.2, 0.25) is 0 Å². The molecular formula is C9H22N2. The lowest BCUT2D eigenvalue weighted by molar-refractivity contribution is 0.271. The molecule has 0 radical (unpaired) electrons. The van der Waals surface area contributed by atoms with Crippen molar-refractivity contribution < 1.29 is 0 Å². The Kier molecular flexibility index (Phi) is 5.51. The van der Waals surface area contributed by atoms with Gasteiger partial charge in [0.1, 0.15) is 0 Å². The predicted molar refractivity (Wildman–Crippen MR) is 50.7 cm³/mol. The maximum Gasteiger partial charge on any atom is 0.0657 e. The van der Waals surface area contributed by atoms with E-state index in [1.165, 1.54) is 12.8 Å². The molecule has 68 valence electrons. The van der Waals surface area contributed by atoms with Crippen molar-refractivity contribution in [2.24, 2.45) is 0 Å². The van der Waals surface area contributed by atoms with Gasteiger partial charge in [-0.1, -0.05) is 27.2 Å². The largest absolute Gasteiger partial charge is 0.300 e. The Morgan fingerprint density at radius 3 is 1.73 bits per heavy atom. The van der Waals surface area contributed by atoms with Crippen LogP contribution in [0.5, 0.6) is 0 Å². The normalized spacial score (nSPS) is 12.0. The van der Waals surface area contributed by atoms with Crippen molar-refractivity contribution in [1.29, 1.82) is 0 Å². The van der Waals surface area contributed by atoms with Gasteiger partial charge in [0.05, 0.1) is 5.66 Å². The first-order valence-electron chi connectivity index (χ1n) is 4.68. The van der Waals surface area contributed by atoms with Crippen LogP contribution in [0.2, 0.25) is 0 Å². The van der Waals surface area contributed by atoms with E-state index in [0.29, 0.717) is 0 Å². The molecule has 0 saturated heterocycles. The highest BCUT2D eigenvalue weighted by Crippen LogP contribution is 2.07. The predicted octanol–water partition coefficient (Wildman–Crippen LogP) is 1.72. The zero-order valence-corrected chi connectivity index (χ0v) is 8.33. The first-order chi connectivity index (χ1) is 5.18. The molecule has 0 heterocycles. The highest BCUT2D eigenvalue weighted by Gasteiger charge is 2.18. The van der Waals surface area contributed by atoms with Gasteiger partial charge in [0.25, 0.3) is 0 Å². The first kappa shape index (κ1) is 10.9. The highest BCUT2D eigenvalue weighted by atomic mass is 15.2. The van der Waals surface area contributed by atoms with Gasteiger partial charge in [0, 0.05) is 0 Å². The topological polar surface area (TPSA) is 24.1 Å². The quantitative estimate of drug-likeness (QED) is 0.575. The first-order valence-corrected chi connectivity index (χ1v) is 4.68. The maximum atomic E-state index is 3.45. The molecule has 0 atom stereocenters. The van der Waals surface area contributed by atoms with Crippen LogP contribution in [-0.4, -0.2) is 18.8 Å². The van der Waals surface area contributed by atoms with Gasteiger partial charge >= 0.3 is 0 Å². The summed E-state index contributed by atoms with van der Waals surface area (Å²) in [5.41, 5.74) is 0.151. The van der Waals surface area contributed by atoms with E-state index in [-0.39, 0.29) is 5.66 Å². The van der Waals surface area contributed by atoms with E-state index in [9.17, 15) is 0 Å². The Bertz CT molecular complexity index is 74.5. The fourth-order valence-corrected chi connectivity index (χ4v) is 1.52. The number of nitrogens with one attached hydrogen (secondary N) is 2. The molecule has 0 aromatic carbocycles. The number of hydrogen-bond donors (Lipinski definition) is 2. The Hall–Kier alpha value is -0.0800. The minimum atomic E-state index is 0.151. The van der Waals surface area contributed by atoms with E-state index in [2.05, 4.69) is 38.3 Å². The van der Waals surface area contributed by atoms with Crippen LogP contribution in [0.25, 0.3) is 0 Å². The molecule has 0 aliphatic heterocycles. The van der Waals surface area contributed by atoms with E-state index >= 15 is 0 Å². The molecule has 2 N–H and O–H groups in total. The van der Waals surface area contributed by atoms with E-state index < -0.39 is 0 Å². The summed E-state index contributed by atoms with van der Waals surface area (Å²) in [6.07, 6.45) is 2.41. The summed E-state index contributed by atoms with van der Waals surface area (Å²) in [6.45, 7) is 10.8. The average Bonchev–Trinajstić information content (AvgIpc) is 1.88. The minimum Gasteiger partial charge on any atom is -0.300 e. The van der Waals surface area contributed by atoms with Crippen molar-refractivity contribution >= 4 is 0 Å². The molecule has 0 aliphatic carbocycles. The third-order valence-corrected chi connectivity index (χ3v) is 1.88. The van der Waals surface area contributed by atoms with Crippen LogP contribution in [0.1, 0.15) is 40.5 Å². The van der Waals surface area contributed by atoms with Gasteiger partial charge < -0.3 is 0 Å². The molecule has 11 heavy (non-hydrogen) atoms. The summed E-state index contributed by atoms with van der Waals surface area (Å²) in [7, 11) is 0.